The molecule has 1 heterocycles. The molecule has 0 unspecified atom stereocenters. The zero-order valence-electron chi connectivity index (χ0n) is 8.31. The molecule has 2 rings (SSSR count). The van der Waals surface area contributed by atoms with Crippen LogP contribution in [0.2, 0.25) is 0 Å². The van der Waals surface area contributed by atoms with E-state index in [2.05, 4.69) is 26.0 Å². The van der Waals surface area contributed by atoms with Crippen molar-refractivity contribution in [2.45, 2.75) is 13.5 Å². The Morgan fingerprint density at radius 1 is 1.33 bits per heavy atom. The van der Waals surface area contributed by atoms with Crippen LogP contribution in [0.15, 0.2) is 28.7 Å². The molecule has 0 radical (unpaired) electrons. The molecule has 5 heteroatoms. The van der Waals surface area contributed by atoms with Gasteiger partial charge in [0.2, 0.25) is 0 Å². The Bertz CT molecular complexity index is 461. The molecule has 0 aliphatic rings. The second-order valence-corrected chi connectivity index (χ2v) is 4.08. The molecule has 0 aliphatic heterocycles. The number of halogens is 1. The van der Waals surface area contributed by atoms with Gasteiger partial charge < -0.3 is 5.73 Å². The van der Waals surface area contributed by atoms with Crippen LogP contribution in [0.5, 0.6) is 0 Å². The van der Waals surface area contributed by atoms with Crippen molar-refractivity contribution in [2.75, 3.05) is 0 Å². The summed E-state index contributed by atoms with van der Waals surface area (Å²) in [5.74, 6) is 1.51. The highest BCUT2D eigenvalue weighted by molar-refractivity contribution is 9.10. The molecule has 0 aliphatic carbocycles. The molecule has 0 fully saturated rings. The number of rotatable bonds is 2. The average Bonchev–Trinajstić information content (AvgIpc) is 2.61. The molecule has 0 bridgehead atoms. The summed E-state index contributed by atoms with van der Waals surface area (Å²) >= 11 is 3.39. The van der Waals surface area contributed by atoms with Gasteiger partial charge >= 0.3 is 0 Å². The first-order valence-electron chi connectivity index (χ1n) is 4.59. The molecule has 1 aromatic carbocycles. The summed E-state index contributed by atoms with van der Waals surface area (Å²) in [7, 11) is 0. The van der Waals surface area contributed by atoms with E-state index in [-0.39, 0.29) is 0 Å². The minimum atomic E-state index is 0.386. The van der Waals surface area contributed by atoms with Gasteiger partial charge in [0.15, 0.2) is 0 Å². The number of aryl methyl sites for hydroxylation is 1. The SMILES string of the molecule is Cc1nc(CN)n(-c2ccc(Br)cc2)n1. The molecule has 0 saturated carbocycles. The van der Waals surface area contributed by atoms with Crippen molar-refractivity contribution in [1.29, 1.82) is 0 Å². The summed E-state index contributed by atoms with van der Waals surface area (Å²) in [5, 5.41) is 4.29. The third-order valence-electron chi connectivity index (χ3n) is 2.03. The Morgan fingerprint density at radius 3 is 2.60 bits per heavy atom. The summed E-state index contributed by atoms with van der Waals surface area (Å²) in [6.45, 7) is 2.24. The molecular formula is C10H11BrN4. The monoisotopic (exact) mass is 266 g/mol. The van der Waals surface area contributed by atoms with Gasteiger partial charge in [-0.2, -0.15) is 5.10 Å². The van der Waals surface area contributed by atoms with Gasteiger partial charge in [-0.25, -0.2) is 9.67 Å². The second-order valence-electron chi connectivity index (χ2n) is 3.17. The first kappa shape index (κ1) is 10.3. The van der Waals surface area contributed by atoms with Gasteiger partial charge in [-0.15, -0.1) is 0 Å². The van der Waals surface area contributed by atoms with Gasteiger partial charge in [-0.05, 0) is 31.2 Å². The number of nitrogens with two attached hydrogens (primary N) is 1. The van der Waals surface area contributed by atoms with Crippen molar-refractivity contribution in [2.24, 2.45) is 5.73 Å². The van der Waals surface area contributed by atoms with Crippen molar-refractivity contribution < 1.29 is 0 Å². The van der Waals surface area contributed by atoms with Crippen molar-refractivity contribution in [3.05, 3.63) is 40.4 Å². The minimum Gasteiger partial charge on any atom is -0.324 e. The molecule has 2 aromatic rings. The van der Waals surface area contributed by atoms with Crippen LogP contribution in [0.3, 0.4) is 0 Å². The largest absolute Gasteiger partial charge is 0.324 e. The topological polar surface area (TPSA) is 56.7 Å². The highest BCUT2D eigenvalue weighted by Crippen LogP contribution is 2.14. The third-order valence-corrected chi connectivity index (χ3v) is 2.56. The van der Waals surface area contributed by atoms with Crippen molar-refractivity contribution in [1.82, 2.24) is 14.8 Å². The fourth-order valence-electron chi connectivity index (χ4n) is 1.38. The number of benzene rings is 1. The highest BCUT2D eigenvalue weighted by atomic mass is 79.9. The fraction of sp³-hybridized carbons (Fsp3) is 0.200. The first-order chi connectivity index (χ1) is 7.20. The summed E-state index contributed by atoms with van der Waals surface area (Å²) in [5.41, 5.74) is 6.57. The molecule has 0 spiro atoms. The van der Waals surface area contributed by atoms with Crippen LogP contribution in [0.4, 0.5) is 0 Å². The molecule has 0 atom stereocenters. The van der Waals surface area contributed by atoms with Crippen molar-refractivity contribution in [3.8, 4) is 5.69 Å². The molecule has 0 amide bonds. The predicted octanol–water partition coefficient (Wildman–Crippen LogP) is 1.80. The maximum Gasteiger partial charge on any atom is 0.148 e. The normalized spacial score (nSPS) is 10.6. The first-order valence-corrected chi connectivity index (χ1v) is 5.38. The number of hydrogen-bond donors (Lipinski definition) is 1. The summed E-state index contributed by atoms with van der Waals surface area (Å²) in [6, 6.07) is 7.87. The molecule has 15 heavy (non-hydrogen) atoms. The molecule has 2 N–H and O–H groups in total. The third kappa shape index (κ3) is 2.08. The van der Waals surface area contributed by atoms with Gasteiger partial charge in [0, 0.05) is 4.47 Å². The highest BCUT2D eigenvalue weighted by Gasteiger charge is 2.06. The lowest BCUT2D eigenvalue weighted by atomic mass is 10.3. The second kappa shape index (κ2) is 4.12. The van der Waals surface area contributed by atoms with Gasteiger partial charge in [0.1, 0.15) is 11.6 Å². The maximum absolute atomic E-state index is 5.60. The smallest absolute Gasteiger partial charge is 0.148 e. The van der Waals surface area contributed by atoms with E-state index in [4.69, 9.17) is 5.73 Å². The maximum atomic E-state index is 5.60. The van der Waals surface area contributed by atoms with E-state index >= 15 is 0 Å². The number of hydrogen-bond acceptors (Lipinski definition) is 3. The van der Waals surface area contributed by atoms with E-state index in [0.717, 1.165) is 21.8 Å². The van der Waals surface area contributed by atoms with Gasteiger partial charge in [0.25, 0.3) is 0 Å². The zero-order valence-corrected chi connectivity index (χ0v) is 9.90. The number of nitrogens with zero attached hydrogens (tertiary/aromatic N) is 3. The van der Waals surface area contributed by atoms with E-state index in [9.17, 15) is 0 Å². The molecular weight excluding hydrogens is 256 g/mol. The van der Waals surface area contributed by atoms with Crippen LogP contribution in [-0.4, -0.2) is 14.8 Å². The Balaban J connectivity index is 2.48. The van der Waals surface area contributed by atoms with E-state index in [1.54, 1.807) is 4.68 Å². The molecule has 4 nitrogen and oxygen atoms in total. The Labute approximate surface area is 96.3 Å². The Hall–Kier alpha value is -1.20. The van der Waals surface area contributed by atoms with E-state index in [1.807, 2.05) is 31.2 Å². The Morgan fingerprint density at radius 2 is 2.00 bits per heavy atom. The van der Waals surface area contributed by atoms with Gasteiger partial charge in [0.05, 0.1) is 12.2 Å². The Kier molecular flexibility index (Phi) is 2.83. The van der Waals surface area contributed by atoms with Crippen LogP contribution in [0.25, 0.3) is 5.69 Å². The molecule has 1 aromatic heterocycles. The van der Waals surface area contributed by atoms with Crippen LogP contribution < -0.4 is 5.73 Å². The van der Waals surface area contributed by atoms with Crippen molar-refractivity contribution >= 4 is 15.9 Å². The van der Waals surface area contributed by atoms with E-state index < -0.39 is 0 Å². The average molecular weight is 267 g/mol. The quantitative estimate of drug-likeness (QED) is 0.902. The predicted molar refractivity (Wildman–Crippen MR) is 61.7 cm³/mol. The summed E-state index contributed by atoms with van der Waals surface area (Å²) in [4.78, 5) is 4.24. The standard InChI is InChI=1S/C10H11BrN4/c1-7-13-10(6-12)15(14-7)9-4-2-8(11)3-5-9/h2-5H,6,12H2,1H3. The molecule has 0 saturated heterocycles. The van der Waals surface area contributed by atoms with E-state index in [1.165, 1.54) is 0 Å². The van der Waals surface area contributed by atoms with Crippen LogP contribution >= 0.6 is 15.9 Å². The van der Waals surface area contributed by atoms with Gasteiger partial charge in [-0.1, -0.05) is 15.9 Å². The molecule has 78 valence electrons. The number of aromatic nitrogens is 3. The van der Waals surface area contributed by atoms with Crippen molar-refractivity contribution in [3.63, 3.8) is 0 Å². The fourth-order valence-corrected chi connectivity index (χ4v) is 1.64. The zero-order chi connectivity index (χ0) is 10.8. The van der Waals surface area contributed by atoms with Crippen LogP contribution in [0.1, 0.15) is 11.6 Å². The lowest BCUT2D eigenvalue weighted by molar-refractivity contribution is 0.786. The lowest BCUT2D eigenvalue weighted by Crippen LogP contribution is -2.07. The summed E-state index contributed by atoms with van der Waals surface area (Å²) in [6.07, 6.45) is 0. The van der Waals surface area contributed by atoms with Crippen LogP contribution in [-0.2, 0) is 6.54 Å². The lowest BCUT2D eigenvalue weighted by Gasteiger charge is -2.03. The summed E-state index contributed by atoms with van der Waals surface area (Å²) < 4.78 is 2.80. The van der Waals surface area contributed by atoms with Crippen LogP contribution in [0, 0.1) is 6.92 Å². The minimum absolute atomic E-state index is 0.386. The van der Waals surface area contributed by atoms with E-state index in [0.29, 0.717) is 6.54 Å². The van der Waals surface area contributed by atoms with Gasteiger partial charge in [-0.3, -0.25) is 0 Å².